The van der Waals surface area contributed by atoms with Crippen molar-refractivity contribution >= 4 is 5.69 Å². The molecule has 1 rings (SSSR count). The molecule has 3 heteroatoms. The largest absolute Gasteiger partial charge is 0.370 e. The van der Waals surface area contributed by atoms with Crippen LogP contribution in [0.3, 0.4) is 0 Å². The van der Waals surface area contributed by atoms with E-state index in [1.165, 1.54) is 0 Å². The first-order valence-electron chi connectivity index (χ1n) is 5.31. The Morgan fingerprint density at radius 1 is 1.40 bits per heavy atom. The van der Waals surface area contributed by atoms with Crippen LogP contribution in [0.4, 0.5) is 5.69 Å². The standard InChI is InChI=1S/C12H17N3/c1-4-11(5-2)15(3)12-7-6-10(8-13)14-9-12/h6-7,9,11H,4-5H2,1-3H3. The third kappa shape index (κ3) is 2.69. The number of hydrogen-bond donors (Lipinski definition) is 0. The quantitative estimate of drug-likeness (QED) is 0.755. The third-order valence-corrected chi connectivity index (χ3v) is 2.76. The lowest BCUT2D eigenvalue weighted by Crippen LogP contribution is -2.30. The molecular weight excluding hydrogens is 186 g/mol. The topological polar surface area (TPSA) is 39.9 Å². The molecule has 0 amide bonds. The summed E-state index contributed by atoms with van der Waals surface area (Å²) in [6.45, 7) is 4.36. The molecule has 0 aliphatic carbocycles. The highest BCUT2D eigenvalue weighted by atomic mass is 15.1. The Morgan fingerprint density at radius 2 is 2.07 bits per heavy atom. The third-order valence-electron chi connectivity index (χ3n) is 2.76. The predicted molar refractivity (Wildman–Crippen MR) is 61.7 cm³/mol. The van der Waals surface area contributed by atoms with Crippen molar-refractivity contribution in [3.63, 3.8) is 0 Å². The number of hydrogen-bond acceptors (Lipinski definition) is 3. The summed E-state index contributed by atoms with van der Waals surface area (Å²) in [4.78, 5) is 6.28. The van der Waals surface area contributed by atoms with E-state index in [1.54, 1.807) is 12.3 Å². The zero-order valence-corrected chi connectivity index (χ0v) is 9.57. The van der Waals surface area contributed by atoms with Crippen molar-refractivity contribution in [3.8, 4) is 6.07 Å². The molecule has 0 aromatic carbocycles. The zero-order valence-electron chi connectivity index (χ0n) is 9.57. The molecule has 0 bridgehead atoms. The smallest absolute Gasteiger partial charge is 0.140 e. The molecule has 0 aliphatic rings. The first-order chi connectivity index (χ1) is 7.22. The molecule has 1 aromatic heterocycles. The van der Waals surface area contributed by atoms with Crippen molar-refractivity contribution in [2.45, 2.75) is 32.7 Å². The molecule has 0 radical (unpaired) electrons. The van der Waals surface area contributed by atoms with Crippen molar-refractivity contribution in [2.24, 2.45) is 0 Å². The molecule has 0 saturated heterocycles. The van der Waals surface area contributed by atoms with Crippen LogP contribution in [-0.2, 0) is 0 Å². The van der Waals surface area contributed by atoms with Gasteiger partial charge < -0.3 is 4.90 Å². The normalized spacial score (nSPS) is 10.1. The Kier molecular flexibility index (Phi) is 4.11. The molecule has 0 atom stereocenters. The van der Waals surface area contributed by atoms with Gasteiger partial charge in [-0.1, -0.05) is 13.8 Å². The highest BCUT2D eigenvalue weighted by Crippen LogP contribution is 2.17. The highest BCUT2D eigenvalue weighted by Gasteiger charge is 2.10. The summed E-state index contributed by atoms with van der Waals surface area (Å²) in [5, 5.41) is 8.64. The van der Waals surface area contributed by atoms with E-state index in [9.17, 15) is 0 Å². The molecule has 0 saturated carbocycles. The molecule has 0 aliphatic heterocycles. The maximum Gasteiger partial charge on any atom is 0.140 e. The lowest BCUT2D eigenvalue weighted by Gasteiger charge is -2.27. The number of aromatic nitrogens is 1. The van der Waals surface area contributed by atoms with Crippen molar-refractivity contribution in [1.82, 2.24) is 4.98 Å². The van der Waals surface area contributed by atoms with Crippen LogP contribution in [0.15, 0.2) is 18.3 Å². The summed E-state index contributed by atoms with van der Waals surface area (Å²) < 4.78 is 0. The van der Waals surface area contributed by atoms with Gasteiger partial charge in [0.15, 0.2) is 0 Å². The van der Waals surface area contributed by atoms with Gasteiger partial charge in [-0.25, -0.2) is 4.98 Å². The van der Waals surface area contributed by atoms with Crippen LogP contribution >= 0.6 is 0 Å². The van der Waals surface area contributed by atoms with E-state index in [-0.39, 0.29) is 0 Å². The van der Waals surface area contributed by atoms with E-state index in [0.717, 1.165) is 18.5 Å². The number of rotatable bonds is 4. The molecule has 80 valence electrons. The average Bonchev–Trinajstić information content (AvgIpc) is 2.30. The fourth-order valence-corrected chi connectivity index (χ4v) is 1.71. The fourth-order valence-electron chi connectivity index (χ4n) is 1.71. The summed E-state index contributed by atoms with van der Waals surface area (Å²) >= 11 is 0. The van der Waals surface area contributed by atoms with Crippen molar-refractivity contribution in [3.05, 3.63) is 24.0 Å². The first-order valence-corrected chi connectivity index (χ1v) is 5.31. The summed E-state index contributed by atoms with van der Waals surface area (Å²) in [6.07, 6.45) is 4.00. The molecule has 3 nitrogen and oxygen atoms in total. The van der Waals surface area contributed by atoms with Gasteiger partial charge in [-0.2, -0.15) is 5.26 Å². The number of pyridine rings is 1. The molecular formula is C12H17N3. The van der Waals surface area contributed by atoms with E-state index in [4.69, 9.17) is 5.26 Å². The highest BCUT2D eigenvalue weighted by molar-refractivity contribution is 5.45. The van der Waals surface area contributed by atoms with Crippen molar-refractivity contribution < 1.29 is 0 Å². The van der Waals surface area contributed by atoms with Gasteiger partial charge in [0, 0.05) is 13.1 Å². The fraction of sp³-hybridized carbons (Fsp3) is 0.500. The van der Waals surface area contributed by atoms with E-state index < -0.39 is 0 Å². The second-order valence-corrected chi connectivity index (χ2v) is 3.59. The predicted octanol–water partition coefficient (Wildman–Crippen LogP) is 2.58. The van der Waals surface area contributed by atoms with Gasteiger partial charge in [-0.05, 0) is 25.0 Å². The van der Waals surface area contributed by atoms with Crippen LogP contribution in [0.2, 0.25) is 0 Å². The average molecular weight is 203 g/mol. The van der Waals surface area contributed by atoms with Crippen molar-refractivity contribution in [1.29, 1.82) is 5.26 Å². The minimum absolute atomic E-state index is 0.469. The minimum atomic E-state index is 0.469. The number of nitriles is 1. The van der Waals surface area contributed by atoms with Gasteiger partial charge in [0.25, 0.3) is 0 Å². The summed E-state index contributed by atoms with van der Waals surface area (Å²) in [5.41, 5.74) is 1.54. The minimum Gasteiger partial charge on any atom is -0.370 e. The van der Waals surface area contributed by atoms with Crippen LogP contribution in [0.5, 0.6) is 0 Å². The first kappa shape index (κ1) is 11.5. The number of anilines is 1. The Bertz CT molecular complexity index is 333. The van der Waals surface area contributed by atoms with E-state index in [2.05, 4.69) is 30.8 Å². The Labute approximate surface area is 91.4 Å². The van der Waals surface area contributed by atoms with Gasteiger partial charge in [0.05, 0.1) is 11.9 Å². The van der Waals surface area contributed by atoms with E-state index in [1.807, 2.05) is 12.1 Å². The van der Waals surface area contributed by atoms with Gasteiger partial charge in [-0.3, -0.25) is 0 Å². The van der Waals surface area contributed by atoms with E-state index >= 15 is 0 Å². The molecule has 1 heterocycles. The lowest BCUT2D eigenvalue weighted by molar-refractivity contribution is 0.591. The van der Waals surface area contributed by atoms with Gasteiger partial charge in [0.1, 0.15) is 11.8 Å². The SMILES string of the molecule is CCC(CC)N(C)c1ccc(C#N)nc1. The van der Waals surface area contributed by atoms with E-state index in [0.29, 0.717) is 11.7 Å². The lowest BCUT2D eigenvalue weighted by atomic mass is 10.1. The second-order valence-electron chi connectivity index (χ2n) is 3.59. The molecule has 0 fully saturated rings. The molecule has 15 heavy (non-hydrogen) atoms. The van der Waals surface area contributed by atoms with Crippen LogP contribution in [0.25, 0.3) is 0 Å². The van der Waals surface area contributed by atoms with Gasteiger partial charge in [0.2, 0.25) is 0 Å². The Hall–Kier alpha value is -1.56. The molecule has 0 unspecified atom stereocenters. The van der Waals surface area contributed by atoms with Crippen molar-refractivity contribution in [2.75, 3.05) is 11.9 Å². The summed E-state index contributed by atoms with van der Waals surface area (Å²) in [7, 11) is 2.07. The molecule has 0 spiro atoms. The second kappa shape index (κ2) is 5.35. The van der Waals surface area contributed by atoms with Gasteiger partial charge in [-0.15, -0.1) is 0 Å². The van der Waals surface area contributed by atoms with Crippen LogP contribution in [-0.4, -0.2) is 18.1 Å². The molecule has 0 N–H and O–H groups in total. The summed E-state index contributed by atoms with van der Waals surface area (Å²) in [6, 6.07) is 6.27. The Balaban J connectivity index is 2.82. The number of nitrogens with zero attached hydrogens (tertiary/aromatic N) is 3. The van der Waals surface area contributed by atoms with Crippen LogP contribution in [0, 0.1) is 11.3 Å². The maximum absolute atomic E-state index is 8.64. The molecule has 1 aromatic rings. The Morgan fingerprint density at radius 3 is 2.47 bits per heavy atom. The zero-order chi connectivity index (χ0) is 11.3. The van der Waals surface area contributed by atoms with Crippen LogP contribution < -0.4 is 4.90 Å². The van der Waals surface area contributed by atoms with Crippen LogP contribution in [0.1, 0.15) is 32.4 Å². The maximum atomic E-state index is 8.64. The summed E-state index contributed by atoms with van der Waals surface area (Å²) in [5.74, 6) is 0. The van der Waals surface area contributed by atoms with Gasteiger partial charge >= 0.3 is 0 Å². The monoisotopic (exact) mass is 203 g/mol.